The fourth-order valence-corrected chi connectivity index (χ4v) is 2.19. The molecule has 3 heteroatoms. The van der Waals surface area contributed by atoms with Crippen molar-refractivity contribution in [3.63, 3.8) is 0 Å². The molecule has 90 valence electrons. The van der Waals surface area contributed by atoms with E-state index in [0.717, 1.165) is 13.0 Å². The lowest BCUT2D eigenvalue weighted by Gasteiger charge is -2.28. The van der Waals surface area contributed by atoms with Crippen LogP contribution in [0.2, 0.25) is 0 Å². The van der Waals surface area contributed by atoms with E-state index in [-0.39, 0.29) is 12.4 Å². The van der Waals surface area contributed by atoms with Crippen molar-refractivity contribution in [3.05, 3.63) is 29.8 Å². The second-order valence-electron chi connectivity index (χ2n) is 4.25. The maximum atomic E-state index is 5.53. The van der Waals surface area contributed by atoms with Crippen molar-refractivity contribution < 1.29 is 0 Å². The molecule has 0 amide bonds. The molecule has 0 aliphatic carbocycles. The number of rotatable bonds is 3. The summed E-state index contributed by atoms with van der Waals surface area (Å²) in [4.78, 5) is 2.48. The molecule has 0 bridgehead atoms. The highest BCUT2D eigenvalue weighted by atomic mass is 35.5. The van der Waals surface area contributed by atoms with Gasteiger partial charge in [0.15, 0.2) is 0 Å². The molecule has 1 aromatic rings. The molecule has 0 saturated carbocycles. The van der Waals surface area contributed by atoms with Crippen LogP contribution in [0.15, 0.2) is 24.3 Å². The van der Waals surface area contributed by atoms with Crippen molar-refractivity contribution in [1.29, 1.82) is 0 Å². The van der Waals surface area contributed by atoms with Crippen LogP contribution >= 0.6 is 12.4 Å². The molecule has 0 spiro atoms. The van der Waals surface area contributed by atoms with Crippen molar-refractivity contribution >= 4 is 18.1 Å². The van der Waals surface area contributed by atoms with Gasteiger partial charge in [-0.1, -0.05) is 12.1 Å². The summed E-state index contributed by atoms with van der Waals surface area (Å²) in [5.74, 6) is 0. The average molecular weight is 241 g/mol. The molecule has 1 saturated heterocycles. The Morgan fingerprint density at radius 3 is 2.19 bits per heavy atom. The summed E-state index contributed by atoms with van der Waals surface area (Å²) in [5, 5.41) is 0. The monoisotopic (exact) mass is 240 g/mol. The minimum Gasteiger partial charge on any atom is -0.372 e. The van der Waals surface area contributed by atoms with Crippen LogP contribution < -0.4 is 10.6 Å². The van der Waals surface area contributed by atoms with Crippen molar-refractivity contribution in [1.82, 2.24) is 0 Å². The second-order valence-corrected chi connectivity index (χ2v) is 4.25. The maximum absolute atomic E-state index is 5.53. The molecular formula is C13H21ClN2. The average Bonchev–Trinajstić information content (AvgIpc) is 2.32. The third kappa shape index (κ3) is 3.39. The summed E-state index contributed by atoms with van der Waals surface area (Å²) >= 11 is 0. The number of hydrogen-bond acceptors (Lipinski definition) is 2. The molecule has 1 heterocycles. The predicted molar refractivity (Wildman–Crippen MR) is 72.5 cm³/mol. The van der Waals surface area contributed by atoms with Crippen LogP contribution in [-0.4, -0.2) is 19.6 Å². The van der Waals surface area contributed by atoms with Crippen LogP contribution in [0.25, 0.3) is 0 Å². The molecule has 1 fully saturated rings. The number of benzene rings is 1. The Morgan fingerprint density at radius 2 is 1.62 bits per heavy atom. The fraction of sp³-hybridized carbons (Fsp3) is 0.538. The summed E-state index contributed by atoms with van der Waals surface area (Å²) in [5.41, 5.74) is 8.25. The summed E-state index contributed by atoms with van der Waals surface area (Å²) in [7, 11) is 0. The Balaban J connectivity index is 0.00000128. The summed E-state index contributed by atoms with van der Waals surface area (Å²) < 4.78 is 0. The topological polar surface area (TPSA) is 29.3 Å². The highest BCUT2D eigenvalue weighted by Gasteiger charge is 2.09. The highest BCUT2D eigenvalue weighted by molar-refractivity contribution is 5.85. The van der Waals surface area contributed by atoms with Gasteiger partial charge in [-0.15, -0.1) is 12.4 Å². The van der Waals surface area contributed by atoms with Crippen molar-refractivity contribution in [2.75, 3.05) is 24.5 Å². The number of nitrogens with zero attached hydrogens (tertiary/aromatic N) is 1. The molecule has 1 aromatic carbocycles. The number of anilines is 1. The van der Waals surface area contributed by atoms with Gasteiger partial charge in [-0.25, -0.2) is 0 Å². The van der Waals surface area contributed by atoms with Gasteiger partial charge in [0, 0.05) is 18.8 Å². The molecule has 2 rings (SSSR count). The quantitative estimate of drug-likeness (QED) is 0.880. The van der Waals surface area contributed by atoms with E-state index < -0.39 is 0 Å². The van der Waals surface area contributed by atoms with Crippen LogP contribution in [0, 0.1) is 0 Å². The molecule has 16 heavy (non-hydrogen) atoms. The van der Waals surface area contributed by atoms with Gasteiger partial charge in [0.2, 0.25) is 0 Å². The van der Waals surface area contributed by atoms with E-state index >= 15 is 0 Å². The van der Waals surface area contributed by atoms with Crippen LogP contribution in [0.3, 0.4) is 0 Å². The van der Waals surface area contributed by atoms with E-state index in [1.165, 1.54) is 43.6 Å². The molecule has 0 aromatic heterocycles. The smallest absolute Gasteiger partial charge is 0.0366 e. The first-order valence-corrected chi connectivity index (χ1v) is 5.94. The first kappa shape index (κ1) is 13.3. The van der Waals surface area contributed by atoms with E-state index in [9.17, 15) is 0 Å². The first-order valence-electron chi connectivity index (χ1n) is 5.94. The molecule has 0 atom stereocenters. The van der Waals surface area contributed by atoms with Crippen LogP contribution in [-0.2, 0) is 6.42 Å². The zero-order valence-corrected chi connectivity index (χ0v) is 10.5. The van der Waals surface area contributed by atoms with Gasteiger partial charge in [0.25, 0.3) is 0 Å². The summed E-state index contributed by atoms with van der Waals surface area (Å²) in [6, 6.07) is 8.88. The lowest BCUT2D eigenvalue weighted by atomic mass is 10.1. The minimum atomic E-state index is 0. The van der Waals surface area contributed by atoms with Gasteiger partial charge in [-0.2, -0.15) is 0 Å². The molecule has 1 aliphatic heterocycles. The third-order valence-electron chi connectivity index (χ3n) is 3.09. The molecule has 0 unspecified atom stereocenters. The van der Waals surface area contributed by atoms with Gasteiger partial charge in [0.1, 0.15) is 0 Å². The molecule has 2 N–H and O–H groups in total. The van der Waals surface area contributed by atoms with E-state index in [1.54, 1.807) is 0 Å². The molecule has 2 nitrogen and oxygen atoms in total. The van der Waals surface area contributed by atoms with E-state index in [0.29, 0.717) is 0 Å². The zero-order chi connectivity index (χ0) is 10.5. The van der Waals surface area contributed by atoms with E-state index in [4.69, 9.17) is 5.73 Å². The van der Waals surface area contributed by atoms with Crippen LogP contribution in [0.1, 0.15) is 24.8 Å². The zero-order valence-electron chi connectivity index (χ0n) is 9.69. The van der Waals surface area contributed by atoms with Crippen molar-refractivity contribution in [2.45, 2.75) is 25.7 Å². The second kappa shape index (κ2) is 6.77. The Morgan fingerprint density at radius 1 is 1.00 bits per heavy atom. The lowest BCUT2D eigenvalue weighted by Crippen LogP contribution is -2.29. The fourth-order valence-electron chi connectivity index (χ4n) is 2.19. The third-order valence-corrected chi connectivity index (χ3v) is 3.09. The van der Waals surface area contributed by atoms with E-state index in [2.05, 4.69) is 29.2 Å². The largest absolute Gasteiger partial charge is 0.372 e. The number of nitrogens with two attached hydrogens (primary N) is 1. The Bertz CT molecular complexity index is 291. The first-order chi connectivity index (χ1) is 7.40. The lowest BCUT2D eigenvalue weighted by molar-refractivity contribution is 0.578. The molecule has 1 aliphatic rings. The summed E-state index contributed by atoms with van der Waals surface area (Å²) in [6.45, 7) is 3.18. The standard InChI is InChI=1S/C13H20N2.ClH/c14-9-8-12-4-6-13(7-5-12)15-10-2-1-3-11-15;/h4-7H,1-3,8-11,14H2;1H. The van der Waals surface area contributed by atoms with Gasteiger partial charge in [-0.3, -0.25) is 0 Å². The van der Waals surface area contributed by atoms with Crippen molar-refractivity contribution in [3.8, 4) is 0 Å². The van der Waals surface area contributed by atoms with Crippen LogP contribution in [0.5, 0.6) is 0 Å². The molecule has 0 radical (unpaired) electrons. The van der Waals surface area contributed by atoms with Gasteiger partial charge < -0.3 is 10.6 Å². The maximum Gasteiger partial charge on any atom is 0.0366 e. The van der Waals surface area contributed by atoms with Gasteiger partial charge in [0.05, 0.1) is 0 Å². The van der Waals surface area contributed by atoms with E-state index in [1.807, 2.05) is 0 Å². The normalized spacial score (nSPS) is 15.7. The van der Waals surface area contributed by atoms with Crippen LogP contribution in [0.4, 0.5) is 5.69 Å². The number of halogens is 1. The Labute approximate surface area is 104 Å². The van der Waals surface area contributed by atoms with Gasteiger partial charge in [-0.05, 0) is 49.9 Å². The molecular weight excluding hydrogens is 220 g/mol. The predicted octanol–water partition coefficient (Wildman–Crippen LogP) is 2.60. The Hall–Kier alpha value is -0.730. The minimum absolute atomic E-state index is 0. The highest BCUT2D eigenvalue weighted by Crippen LogP contribution is 2.20. The summed E-state index contributed by atoms with van der Waals surface area (Å²) in [6.07, 6.45) is 5.05. The van der Waals surface area contributed by atoms with Gasteiger partial charge >= 0.3 is 0 Å². The number of hydrogen-bond donors (Lipinski definition) is 1. The Kier molecular flexibility index (Phi) is 5.64. The SMILES string of the molecule is Cl.NCCc1ccc(N2CCCCC2)cc1. The number of piperidine rings is 1. The van der Waals surface area contributed by atoms with Crippen molar-refractivity contribution in [2.24, 2.45) is 5.73 Å².